The van der Waals surface area contributed by atoms with Crippen molar-refractivity contribution < 1.29 is 14.7 Å². The molecule has 2 amide bonds. The Morgan fingerprint density at radius 1 is 1.35 bits per heavy atom. The number of urea groups is 1. The van der Waals surface area contributed by atoms with Crippen LogP contribution in [0.3, 0.4) is 0 Å². The lowest BCUT2D eigenvalue weighted by atomic mass is 9.83. The molecule has 20 heavy (non-hydrogen) atoms. The van der Waals surface area contributed by atoms with Gasteiger partial charge in [0, 0.05) is 6.54 Å². The maximum Gasteiger partial charge on any atom is 0.326 e. The van der Waals surface area contributed by atoms with Crippen LogP contribution in [-0.4, -0.2) is 41.7 Å². The van der Waals surface area contributed by atoms with Gasteiger partial charge in [-0.05, 0) is 43.1 Å². The Hall–Kier alpha value is -0.910. The molecule has 0 spiro atoms. The number of rotatable bonds is 8. The van der Waals surface area contributed by atoms with Crippen LogP contribution in [0.4, 0.5) is 4.79 Å². The van der Waals surface area contributed by atoms with E-state index in [-0.39, 0.29) is 11.4 Å². The maximum atomic E-state index is 11.8. The summed E-state index contributed by atoms with van der Waals surface area (Å²) in [6.45, 7) is 2.80. The summed E-state index contributed by atoms with van der Waals surface area (Å²) in [5.41, 5.74) is 0.218. The third kappa shape index (κ3) is 5.23. The van der Waals surface area contributed by atoms with E-state index in [1.54, 1.807) is 11.8 Å². The van der Waals surface area contributed by atoms with E-state index >= 15 is 0 Å². The maximum absolute atomic E-state index is 11.8. The van der Waals surface area contributed by atoms with Gasteiger partial charge in [0.05, 0.1) is 0 Å². The Kier molecular flexibility index (Phi) is 7.19. The normalized spacial score (nSPS) is 18.5. The number of hydrogen-bond donors (Lipinski definition) is 3. The van der Waals surface area contributed by atoms with Crippen LogP contribution in [-0.2, 0) is 4.79 Å². The first kappa shape index (κ1) is 17.1. The van der Waals surface area contributed by atoms with Crippen molar-refractivity contribution in [2.45, 2.75) is 51.5 Å². The van der Waals surface area contributed by atoms with Crippen molar-refractivity contribution in [1.29, 1.82) is 0 Å². The minimum absolute atomic E-state index is 0.218. The van der Waals surface area contributed by atoms with E-state index in [0.29, 0.717) is 13.0 Å². The molecule has 0 aromatic carbocycles. The third-order valence-electron chi connectivity index (χ3n) is 4.25. The van der Waals surface area contributed by atoms with Gasteiger partial charge in [0.2, 0.25) is 0 Å². The highest BCUT2D eigenvalue weighted by Crippen LogP contribution is 2.40. The Morgan fingerprint density at radius 2 is 2.00 bits per heavy atom. The molecule has 1 rings (SSSR count). The predicted molar refractivity (Wildman–Crippen MR) is 82.1 cm³/mol. The molecule has 0 heterocycles. The fourth-order valence-corrected chi connectivity index (χ4v) is 3.22. The van der Waals surface area contributed by atoms with Gasteiger partial charge in [-0.15, -0.1) is 0 Å². The number of hydrogen-bond acceptors (Lipinski definition) is 3. The second kappa shape index (κ2) is 8.39. The quantitative estimate of drug-likeness (QED) is 0.643. The van der Waals surface area contributed by atoms with Gasteiger partial charge in [-0.2, -0.15) is 11.8 Å². The first-order chi connectivity index (χ1) is 9.53. The molecule has 0 bridgehead atoms. The number of carbonyl (C=O) groups excluding carboxylic acids is 1. The summed E-state index contributed by atoms with van der Waals surface area (Å²) in [4.78, 5) is 22.9. The zero-order valence-corrected chi connectivity index (χ0v) is 13.2. The number of carboxylic acids is 1. The molecule has 1 aliphatic rings. The van der Waals surface area contributed by atoms with E-state index in [2.05, 4.69) is 17.6 Å². The highest BCUT2D eigenvalue weighted by atomic mass is 32.2. The Bertz CT molecular complexity index is 330. The molecule has 3 N–H and O–H groups in total. The Morgan fingerprint density at radius 3 is 2.50 bits per heavy atom. The minimum atomic E-state index is -0.972. The molecule has 1 aliphatic carbocycles. The molecule has 1 saturated carbocycles. The van der Waals surface area contributed by atoms with Gasteiger partial charge in [0.1, 0.15) is 6.04 Å². The lowest BCUT2D eigenvalue weighted by Crippen LogP contribution is -2.48. The summed E-state index contributed by atoms with van der Waals surface area (Å²) in [5, 5.41) is 14.5. The van der Waals surface area contributed by atoms with Crippen LogP contribution in [0.25, 0.3) is 0 Å². The third-order valence-corrected chi connectivity index (χ3v) is 4.90. The molecule has 0 aromatic heterocycles. The average Bonchev–Trinajstić information content (AvgIpc) is 2.90. The monoisotopic (exact) mass is 302 g/mol. The Balaban J connectivity index is 2.39. The summed E-state index contributed by atoms with van der Waals surface area (Å²) in [5.74, 6) is -0.254. The van der Waals surface area contributed by atoms with Gasteiger partial charge in [0.15, 0.2) is 0 Å². The van der Waals surface area contributed by atoms with Crippen molar-refractivity contribution in [2.24, 2.45) is 5.41 Å². The second-order valence-electron chi connectivity index (χ2n) is 5.56. The van der Waals surface area contributed by atoms with Crippen molar-refractivity contribution >= 4 is 23.8 Å². The summed E-state index contributed by atoms with van der Waals surface area (Å²) in [6, 6.07) is -1.16. The van der Waals surface area contributed by atoms with Crippen molar-refractivity contribution in [3.8, 4) is 0 Å². The summed E-state index contributed by atoms with van der Waals surface area (Å²) in [6.07, 6.45) is 8.18. The highest BCUT2D eigenvalue weighted by Gasteiger charge is 2.32. The van der Waals surface area contributed by atoms with Crippen LogP contribution in [0.15, 0.2) is 0 Å². The number of carboxylic acid groups (broad SMARTS) is 1. The van der Waals surface area contributed by atoms with Crippen LogP contribution in [0.2, 0.25) is 0 Å². The summed E-state index contributed by atoms with van der Waals surface area (Å²) < 4.78 is 0. The van der Waals surface area contributed by atoms with Crippen molar-refractivity contribution in [2.75, 3.05) is 18.6 Å². The van der Waals surface area contributed by atoms with Crippen molar-refractivity contribution in [3.05, 3.63) is 0 Å². The SMILES string of the molecule is CCC1(CNC(=O)NC(CCSC)C(=O)O)CCCC1. The largest absolute Gasteiger partial charge is 0.480 e. The number of thioether (sulfide) groups is 1. The number of nitrogens with one attached hydrogen (secondary N) is 2. The molecule has 1 fully saturated rings. The molecule has 0 aliphatic heterocycles. The van der Waals surface area contributed by atoms with E-state index in [0.717, 1.165) is 25.0 Å². The number of aliphatic carboxylic acids is 1. The zero-order valence-electron chi connectivity index (χ0n) is 12.4. The van der Waals surface area contributed by atoms with Crippen LogP contribution in [0.1, 0.15) is 45.4 Å². The van der Waals surface area contributed by atoms with Gasteiger partial charge in [-0.25, -0.2) is 9.59 Å². The predicted octanol–water partition coefficient (Wildman–Crippen LogP) is 2.46. The molecular weight excluding hydrogens is 276 g/mol. The average molecular weight is 302 g/mol. The molecule has 5 nitrogen and oxygen atoms in total. The van der Waals surface area contributed by atoms with Crippen LogP contribution < -0.4 is 10.6 Å². The molecule has 116 valence electrons. The van der Waals surface area contributed by atoms with Crippen molar-refractivity contribution in [1.82, 2.24) is 10.6 Å². The lowest BCUT2D eigenvalue weighted by molar-refractivity contribution is -0.139. The molecule has 6 heteroatoms. The molecule has 1 atom stereocenters. The smallest absolute Gasteiger partial charge is 0.326 e. The van der Waals surface area contributed by atoms with E-state index in [1.165, 1.54) is 12.8 Å². The first-order valence-corrected chi connectivity index (χ1v) is 8.68. The fourth-order valence-electron chi connectivity index (χ4n) is 2.75. The molecule has 1 unspecified atom stereocenters. The molecule has 0 radical (unpaired) electrons. The van der Waals surface area contributed by atoms with Crippen LogP contribution >= 0.6 is 11.8 Å². The van der Waals surface area contributed by atoms with Crippen LogP contribution in [0, 0.1) is 5.41 Å². The molecule has 0 saturated heterocycles. The van der Waals surface area contributed by atoms with E-state index in [4.69, 9.17) is 5.11 Å². The first-order valence-electron chi connectivity index (χ1n) is 7.29. The minimum Gasteiger partial charge on any atom is -0.480 e. The van der Waals surface area contributed by atoms with Gasteiger partial charge >= 0.3 is 12.0 Å². The highest BCUT2D eigenvalue weighted by molar-refractivity contribution is 7.98. The van der Waals surface area contributed by atoms with Crippen LogP contribution in [0.5, 0.6) is 0 Å². The lowest BCUT2D eigenvalue weighted by Gasteiger charge is -2.28. The molecule has 0 aromatic rings. The van der Waals surface area contributed by atoms with Gasteiger partial charge in [-0.1, -0.05) is 19.8 Å². The number of carbonyl (C=O) groups is 2. The summed E-state index contributed by atoms with van der Waals surface area (Å²) in [7, 11) is 0. The van der Waals surface area contributed by atoms with Gasteiger partial charge in [-0.3, -0.25) is 0 Å². The summed E-state index contributed by atoms with van der Waals surface area (Å²) >= 11 is 1.58. The second-order valence-corrected chi connectivity index (χ2v) is 6.55. The standard InChI is InChI=1S/C14H26N2O3S/c1-3-14(7-4-5-8-14)10-15-13(19)16-11(12(17)18)6-9-20-2/h11H,3-10H2,1-2H3,(H,17,18)(H2,15,16,19). The van der Waals surface area contributed by atoms with E-state index in [1.807, 2.05) is 6.26 Å². The fraction of sp³-hybridized carbons (Fsp3) is 0.857. The van der Waals surface area contributed by atoms with Gasteiger partial charge in [0.25, 0.3) is 0 Å². The zero-order chi connectivity index (χ0) is 15.0. The van der Waals surface area contributed by atoms with Gasteiger partial charge < -0.3 is 15.7 Å². The van der Waals surface area contributed by atoms with E-state index < -0.39 is 12.0 Å². The topological polar surface area (TPSA) is 78.4 Å². The Labute approximate surface area is 125 Å². The van der Waals surface area contributed by atoms with Crippen molar-refractivity contribution in [3.63, 3.8) is 0 Å². The molecular formula is C14H26N2O3S. The number of amides is 2. The van der Waals surface area contributed by atoms with E-state index in [9.17, 15) is 9.59 Å².